The Hall–Kier alpha value is -2.83. The van der Waals surface area contributed by atoms with E-state index in [1.54, 1.807) is 18.3 Å². The minimum atomic E-state index is -0.0756. The van der Waals surface area contributed by atoms with Crippen LogP contribution < -0.4 is 10.1 Å². The number of pyridine rings is 1. The van der Waals surface area contributed by atoms with Crippen LogP contribution in [0.5, 0.6) is 11.5 Å². The lowest BCUT2D eigenvalue weighted by Gasteiger charge is -2.34. The lowest BCUT2D eigenvalue weighted by Crippen LogP contribution is -2.36. The van der Waals surface area contributed by atoms with Crippen molar-refractivity contribution in [2.45, 2.75) is 50.6 Å². The first-order chi connectivity index (χ1) is 16.9. The van der Waals surface area contributed by atoms with E-state index >= 15 is 0 Å². The molecule has 1 aromatic heterocycles. The fourth-order valence-corrected chi connectivity index (χ4v) is 5.33. The maximum absolute atomic E-state index is 13.2. The number of phenolic OH excluding ortho intramolecular Hbond substituents is 1. The second kappa shape index (κ2) is 9.67. The normalized spacial score (nSPS) is 20.3. The first-order valence-electron chi connectivity index (χ1n) is 12.3. The Balaban J connectivity index is 1.57. The fourth-order valence-electron chi connectivity index (χ4n) is 5.12. The molecule has 3 aromatic rings. The number of hydrogen-bond donors (Lipinski definition) is 2. The van der Waals surface area contributed by atoms with Gasteiger partial charge in [0.25, 0.3) is 0 Å². The summed E-state index contributed by atoms with van der Waals surface area (Å²) >= 11 is 6.27. The van der Waals surface area contributed by atoms with Gasteiger partial charge in [-0.1, -0.05) is 17.7 Å². The molecule has 2 saturated carbocycles. The van der Waals surface area contributed by atoms with Gasteiger partial charge in [-0.15, -0.1) is 0 Å². The van der Waals surface area contributed by atoms with E-state index in [1.807, 2.05) is 12.1 Å². The molecule has 7 heteroatoms. The highest BCUT2D eigenvalue weighted by atomic mass is 35.5. The zero-order valence-electron chi connectivity index (χ0n) is 20.5. The summed E-state index contributed by atoms with van der Waals surface area (Å²) in [4.78, 5) is 20.2. The number of nitrogens with one attached hydrogen (secondary N) is 1. The van der Waals surface area contributed by atoms with Gasteiger partial charge < -0.3 is 20.1 Å². The van der Waals surface area contributed by atoms with E-state index in [4.69, 9.17) is 16.3 Å². The van der Waals surface area contributed by atoms with Crippen molar-refractivity contribution in [1.82, 2.24) is 9.88 Å². The highest BCUT2D eigenvalue weighted by Gasteiger charge is 2.33. The third kappa shape index (κ3) is 4.82. The summed E-state index contributed by atoms with van der Waals surface area (Å²) in [6.45, 7) is 0. The van der Waals surface area contributed by atoms with E-state index in [9.17, 15) is 9.90 Å². The molecular formula is C28H32ClN3O3. The van der Waals surface area contributed by atoms with Crippen molar-refractivity contribution in [3.05, 3.63) is 47.1 Å². The lowest BCUT2D eigenvalue weighted by molar-refractivity contribution is 0.0968. The summed E-state index contributed by atoms with van der Waals surface area (Å²) in [5, 5.41) is 15.1. The number of fused-ring (bicyclic) bond motifs is 1. The number of nitrogens with zero attached hydrogens (tertiary/aromatic N) is 2. The highest BCUT2D eigenvalue weighted by Crippen LogP contribution is 2.41. The second-order valence-corrected chi connectivity index (χ2v) is 10.4. The molecule has 0 spiro atoms. The van der Waals surface area contributed by atoms with Crippen LogP contribution in [0.4, 0.5) is 5.69 Å². The van der Waals surface area contributed by atoms with Crippen LogP contribution in [0.2, 0.25) is 5.02 Å². The van der Waals surface area contributed by atoms with Crippen molar-refractivity contribution in [3.8, 4) is 22.6 Å². The van der Waals surface area contributed by atoms with Crippen molar-refractivity contribution in [2.75, 3.05) is 26.5 Å². The molecule has 0 bridgehead atoms. The van der Waals surface area contributed by atoms with Crippen LogP contribution in [-0.2, 0) is 0 Å². The lowest BCUT2D eigenvalue weighted by atomic mass is 9.89. The van der Waals surface area contributed by atoms with E-state index in [-0.39, 0.29) is 22.5 Å². The Morgan fingerprint density at radius 1 is 1.09 bits per heavy atom. The monoisotopic (exact) mass is 493 g/mol. The number of phenols is 1. The van der Waals surface area contributed by atoms with E-state index in [1.165, 1.54) is 7.11 Å². The summed E-state index contributed by atoms with van der Waals surface area (Å²) in [6.07, 6.45) is 8.05. The van der Waals surface area contributed by atoms with Crippen LogP contribution >= 0.6 is 11.6 Å². The third-order valence-electron chi connectivity index (χ3n) is 7.44. The van der Waals surface area contributed by atoms with E-state index < -0.39 is 0 Å². The number of ether oxygens (including phenoxy) is 1. The number of hydrogen-bond acceptors (Lipinski definition) is 6. The van der Waals surface area contributed by atoms with Crippen molar-refractivity contribution in [1.29, 1.82) is 0 Å². The van der Waals surface area contributed by atoms with Gasteiger partial charge in [0, 0.05) is 29.6 Å². The van der Waals surface area contributed by atoms with Crippen molar-refractivity contribution in [3.63, 3.8) is 0 Å². The van der Waals surface area contributed by atoms with Gasteiger partial charge in [-0.25, -0.2) is 0 Å². The number of methoxy groups -OCH3 is 1. The van der Waals surface area contributed by atoms with Crippen LogP contribution in [0.25, 0.3) is 22.0 Å². The quantitative estimate of drug-likeness (QED) is 0.385. The number of Topliss-reactive ketones (excluding diaryl/α,β-unsaturated/α-hetero) is 1. The van der Waals surface area contributed by atoms with Gasteiger partial charge in [0.05, 0.1) is 28.9 Å². The van der Waals surface area contributed by atoms with Crippen molar-refractivity contribution in [2.24, 2.45) is 5.92 Å². The van der Waals surface area contributed by atoms with Crippen molar-refractivity contribution >= 4 is 34.0 Å². The second-order valence-electron chi connectivity index (χ2n) is 10.0. The molecule has 0 aliphatic heterocycles. The zero-order valence-corrected chi connectivity index (χ0v) is 21.2. The Kier molecular flexibility index (Phi) is 6.60. The number of benzene rings is 2. The van der Waals surface area contributed by atoms with Gasteiger partial charge in [0.2, 0.25) is 0 Å². The Bertz CT molecular complexity index is 1260. The molecule has 0 unspecified atom stereocenters. The number of aromatic hydroxyl groups is 1. The zero-order chi connectivity index (χ0) is 24.7. The summed E-state index contributed by atoms with van der Waals surface area (Å²) in [7, 11) is 5.79. The van der Waals surface area contributed by atoms with Gasteiger partial charge in [-0.05, 0) is 88.0 Å². The molecule has 184 valence electrons. The van der Waals surface area contributed by atoms with Crippen LogP contribution in [-0.4, -0.2) is 54.1 Å². The van der Waals surface area contributed by atoms with Gasteiger partial charge in [0.1, 0.15) is 0 Å². The molecule has 0 saturated heterocycles. The topological polar surface area (TPSA) is 74.7 Å². The van der Waals surface area contributed by atoms with E-state index in [0.29, 0.717) is 23.4 Å². The summed E-state index contributed by atoms with van der Waals surface area (Å²) in [6, 6.07) is 10.4. The van der Waals surface area contributed by atoms with Crippen LogP contribution in [0, 0.1) is 5.92 Å². The first kappa shape index (κ1) is 23.9. The number of carbonyl (C=O) groups excluding carboxylic acids is 1. The molecular weight excluding hydrogens is 462 g/mol. The Morgan fingerprint density at radius 3 is 2.49 bits per heavy atom. The number of halogens is 1. The van der Waals surface area contributed by atoms with Crippen molar-refractivity contribution < 1.29 is 14.6 Å². The smallest absolute Gasteiger partial charge is 0.176 e. The average Bonchev–Trinajstić information content (AvgIpc) is 3.71. The molecule has 2 aromatic carbocycles. The Labute approximate surface area is 211 Å². The number of carbonyl (C=O) groups is 1. The van der Waals surface area contributed by atoms with Gasteiger partial charge >= 0.3 is 0 Å². The summed E-state index contributed by atoms with van der Waals surface area (Å²) in [5.74, 6) is 0.541. The predicted octanol–water partition coefficient (Wildman–Crippen LogP) is 6.15. The minimum Gasteiger partial charge on any atom is -0.503 e. The van der Waals surface area contributed by atoms with Crippen LogP contribution in [0.15, 0.2) is 36.5 Å². The first-order valence-corrected chi connectivity index (χ1v) is 12.7. The molecule has 6 nitrogen and oxygen atoms in total. The minimum absolute atomic E-state index is 0.0756. The van der Waals surface area contributed by atoms with E-state index in [2.05, 4.69) is 35.4 Å². The number of rotatable bonds is 7. The molecule has 0 atom stereocenters. The molecule has 2 fully saturated rings. The standard InChI is InChI=1S/C28H32ClN3O3/c1-32(2)20-9-7-19(8-10-20)31-26-21-12-17(18-13-23(29)28(34)25(14-18)35-3)6-11-24(21)30-15-22(26)27(33)16-4-5-16/h6,11-16,19-20,34H,4-5,7-10H2,1-3H3,(H,30,31)/t19-,20-. The summed E-state index contributed by atoms with van der Waals surface area (Å²) in [5.41, 5.74) is 4.15. The maximum Gasteiger partial charge on any atom is 0.176 e. The number of anilines is 1. The highest BCUT2D eigenvalue weighted by molar-refractivity contribution is 6.32. The Morgan fingerprint density at radius 2 is 1.83 bits per heavy atom. The van der Waals surface area contributed by atoms with Gasteiger partial charge in [0.15, 0.2) is 17.3 Å². The average molecular weight is 494 g/mol. The molecule has 35 heavy (non-hydrogen) atoms. The predicted molar refractivity (Wildman–Crippen MR) is 141 cm³/mol. The van der Waals surface area contributed by atoms with Gasteiger partial charge in [-0.3, -0.25) is 9.78 Å². The number of aromatic nitrogens is 1. The van der Waals surface area contributed by atoms with E-state index in [0.717, 1.165) is 66.2 Å². The van der Waals surface area contributed by atoms with Crippen LogP contribution in [0.3, 0.4) is 0 Å². The number of ketones is 1. The van der Waals surface area contributed by atoms with Crippen LogP contribution in [0.1, 0.15) is 48.9 Å². The molecule has 5 rings (SSSR count). The molecule has 2 N–H and O–H groups in total. The molecule has 0 radical (unpaired) electrons. The largest absolute Gasteiger partial charge is 0.503 e. The fraction of sp³-hybridized carbons (Fsp3) is 0.429. The molecule has 2 aliphatic carbocycles. The third-order valence-corrected chi connectivity index (χ3v) is 7.73. The molecule has 1 heterocycles. The molecule has 2 aliphatic rings. The van der Waals surface area contributed by atoms with Gasteiger partial charge in [-0.2, -0.15) is 0 Å². The maximum atomic E-state index is 13.2. The summed E-state index contributed by atoms with van der Waals surface area (Å²) < 4.78 is 5.30. The SMILES string of the molecule is COc1cc(-c2ccc3ncc(C(=O)C4CC4)c(N[C@H]4CC[C@H](N(C)C)CC4)c3c2)cc(Cl)c1O. The molecule has 0 amide bonds.